The summed E-state index contributed by atoms with van der Waals surface area (Å²) < 4.78 is 38.3. The molecule has 0 bridgehead atoms. The Morgan fingerprint density at radius 1 is 1.15 bits per heavy atom. The zero-order valence-corrected chi connectivity index (χ0v) is 17.7. The number of amides is 2. The number of alkyl halides is 3. The summed E-state index contributed by atoms with van der Waals surface area (Å²) >= 11 is 0. The third kappa shape index (κ3) is 6.43. The fourth-order valence-electron chi connectivity index (χ4n) is 3.52. The summed E-state index contributed by atoms with van der Waals surface area (Å²) in [5.74, 6) is -0.262. The molecule has 0 aliphatic carbocycles. The van der Waals surface area contributed by atoms with Crippen molar-refractivity contribution in [1.82, 2.24) is 5.32 Å². The van der Waals surface area contributed by atoms with Gasteiger partial charge in [-0.1, -0.05) is 12.1 Å². The van der Waals surface area contributed by atoms with Gasteiger partial charge in [-0.05, 0) is 42.7 Å². The maximum atomic E-state index is 12.8. The molecule has 0 radical (unpaired) electrons. The predicted molar refractivity (Wildman–Crippen MR) is 116 cm³/mol. The Morgan fingerprint density at radius 2 is 1.94 bits per heavy atom. The molecule has 1 heterocycles. The van der Waals surface area contributed by atoms with Gasteiger partial charge >= 0.3 is 6.18 Å². The largest absolute Gasteiger partial charge is 0.416 e. The summed E-state index contributed by atoms with van der Waals surface area (Å²) in [4.78, 5) is 36.2. The predicted octanol–water partition coefficient (Wildman–Crippen LogP) is 4.25. The number of hydrogen-bond acceptors (Lipinski definition) is 5. The summed E-state index contributed by atoms with van der Waals surface area (Å²) in [7, 11) is 0. The highest BCUT2D eigenvalue weighted by atomic mass is 19.4. The zero-order chi connectivity index (χ0) is 24.0. The molecule has 1 aliphatic heterocycles. The normalized spacial score (nSPS) is 14.2. The van der Waals surface area contributed by atoms with Crippen molar-refractivity contribution in [3.05, 3.63) is 63.7 Å². The van der Waals surface area contributed by atoms with Gasteiger partial charge in [0.15, 0.2) is 0 Å². The first-order chi connectivity index (χ1) is 15.6. The van der Waals surface area contributed by atoms with Crippen LogP contribution in [-0.2, 0) is 22.3 Å². The van der Waals surface area contributed by atoms with E-state index in [1.807, 2.05) is 24.3 Å². The van der Waals surface area contributed by atoms with Crippen molar-refractivity contribution in [3.8, 4) is 0 Å². The van der Waals surface area contributed by atoms with Gasteiger partial charge in [0.2, 0.25) is 11.8 Å². The van der Waals surface area contributed by atoms with E-state index in [1.54, 1.807) is 4.90 Å². The quantitative estimate of drug-likeness (QED) is 0.449. The van der Waals surface area contributed by atoms with E-state index in [4.69, 9.17) is 0 Å². The van der Waals surface area contributed by atoms with Gasteiger partial charge in [0, 0.05) is 44.2 Å². The number of halogens is 3. The molecule has 2 aromatic carbocycles. The molecule has 8 nitrogen and oxygen atoms in total. The standard InChI is InChI=1S/C22H23F3N4O4/c23-22(24,25)16-7-8-18(19(13-16)29(32)33)26-10-9-20(30)27-14-15-4-3-5-17(12-15)28-11-2-1-6-21(28)31/h3-5,7-8,12-13,26H,1-2,6,9-11,14H2,(H,27,30). The number of nitrogens with zero attached hydrogens (tertiary/aromatic N) is 2. The van der Waals surface area contributed by atoms with Crippen LogP contribution in [0.25, 0.3) is 0 Å². The van der Waals surface area contributed by atoms with Crippen LogP contribution in [0.15, 0.2) is 42.5 Å². The first-order valence-corrected chi connectivity index (χ1v) is 10.4. The molecule has 11 heteroatoms. The maximum Gasteiger partial charge on any atom is 0.416 e. The average Bonchev–Trinajstić information content (AvgIpc) is 2.77. The second-order valence-corrected chi connectivity index (χ2v) is 7.61. The Balaban J connectivity index is 1.52. The molecular formula is C22H23F3N4O4. The number of benzene rings is 2. The Kier molecular flexibility index (Phi) is 7.52. The molecule has 33 heavy (non-hydrogen) atoms. The molecule has 2 aromatic rings. The average molecular weight is 464 g/mol. The van der Waals surface area contributed by atoms with E-state index in [9.17, 15) is 32.9 Å². The van der Waals surface area contributed by atoms with Crippen molar-refractivity contribution in [1.29, 1.82) is 0 Å². The van der Waals surface area contributed by atoms with Crippen molar-refractivity contribution >= 4 is 28.9 Å². The van der Waals surface area contributed by atoms with Crippen molar-refractivity contribution < 1.29 is 27.7 Å². The van der Waals surface area contributed by atoms with E-state index < -0.39 is 22.4 Å². The highest BCUT2D eigenvalue weighted by Gasteiger charge is 2.33. The van der Waals surface area contributed by atoms with Gasteiger partial charge < -0.3 is 15.5 Å². The number of nitro groups is 1. The van der Waals surface area contributed by atoms with Gasteiger partial charge in [-0.2, -0.15) is 13.2 Å². The van der Waals surface area contributed by atoms with Crippen molar-refractivity contribution in [2.45, 2.75) is 38.4 Å². The molecular weight excluding hydrogens is 441 g/mol. The minimum atomic E-state index is -4.69. The van der Waals surface area contributed by atoms with Gasteiger partial charge in [0.1, 0.15) is 5.69 Å². The molecule has 0 aromatic heterocycles. The van der Waals surface area contributed by atoms with Crippen LogP contribution in [0, 0.1) is 10.1 Å². The molecule has 1 saturated heterocycles. The number of nitrogens with one attached hydrogen (secondary N) is 2. The van der Waals surface area contributed by atoms with E-state index in [0.717, 1.165) is 36.2 Å². The van der Waals surface area contributed by atoms with Crippen LogP contribution >= 0.6 is 0 Å². The second-order valence-electron chi connectivity index (χ2n) is 7.61. The van der Waals surface area contributed by atoms with Crippen LogP contribution in [0.2, 0.25) is 0 Å². The van der Waals surface area contributed by atoms with Crippen LogP contribution < -0.4 is 15.5 Å². The van der Waals surface area contributed by atoms with Crippen molar-refractivity contribution in [3.63, 3.8) is 0 Å². The molecule has 3 rings (SSSR count). The number of rotatable bonds is 8. The molecule has 0 saturated carbocycles. The molecule has 2 N–H and O–H groups in total. The van der Waals surface area contributed by atoms with Crippen LogP contribution in [0.5, 0.6) is 0 Å². The molecule has 2 amide bonds. The SMILES string of the molecule is O=C(CCNc1ccc(C(F)(F)F)cc1[N+](=O)[O-])NCc1cccc(N2CCCCC2=O)c1. The Labute approximate surface area is 187 Å². The topological polar surface area (TPSA) is 105 Å². The van der Waals surface area contributed by atoms with E-state index in [-0.39, 0.29) is 37.0 Å². The van der Waals surface area contributed by atoms with Crippen LogP contribution in [-0.4, -0.2) is 29.8 Å². The lowest BCUT2D eigenvalue weighted by atomic mass is 10.1. The third-order valence-electron chi connectivity index (χ3n) is 5.22. The number of carbonyl (C=O) groups excluding carboxylic acids is 2. The lowest BCUT2D eigenvalue weighted by Gasteiger charge is -2.27. The van der Waals surface area contributed by atoms with Crippen LogP contribution in [0.4, 0.5) is 30.2 Å². The fourth-order valence-corrected chi connectivity index (χ4v) is 3.52. The molecule has 0 unspecified atom stereocenters. The lowest BCUT2D eigenvalue weighted by molar-refractivity contribution is -0.384. The smallest absolute Gasteiger partial charge is 0.379 e. The lowest BCUT2D eigenvalue weighted by Crippen LogP contribution is -2.35. The summed E-state index contributed by atoms with van der Waals surface area (Å²) in [6.45, 7) is 0.895. The fraction of sp³-hybridized carbons (Fsp3) is 0.364. The first kappa shape index (κ1) is 24.0. The van der Waals surface area contributed by atoms with Crippen LogP contribution in [0.1, 0.15) is 36.8 Å². The summed E-state index contributed by atoms with van der Waals surface area (Å²) in [5.41, 5.74) is -0.340. The minimum absolute atomic E-state index is 0.000354. The van der Waals surface area contributed by atoms with E-state index in [2.05, 4.69) is 10.6 Å². The maximum absolute atomic E-state index is 12.8. The Hall–Kier alpha value is -3.63. The van der Waals surface area contributed by atoms with Crippen molar-refractivity contribution in [2.75, 3.05) is 23.3 Å². The number of nitro benzene ring substituents is 1. The third-order valence-corrected chi connectivity index (χ3v) is 5.22. The van der Waals surface area contributed by atoms with E-state index in [1.165, 1.54) is 0 Å². The number of piperidine rings is 1. The van der Waals surface area contributed by atoms with Gasteiger partial charge in [0.25, 0.3) is 5.69 Å². The zero-order valence-electron chi connectivity index (χ0n) is 17.7. The summed E-state index contributed by atoms with van der Waals surface area (Å²) in [6.07, 6.45) is -2.39. The van der Waals surface area contributed by atoms with Gasteiger partial charge in [0.05, 0.1) is 10.5 Å². The molecule has 0 atom stereocenters. The highest BCUT2D eigenvalue weighted by Crippen LogP contribution is 2.34. The van der Waals surface area contributed by atoms with Crippen molar-refractivity contribution in [2.24, 2.45) is 0 Å². The number of hydrogen-bond donors (Lipinski definition) is 2. The summed E-state index contributed by atoms with van der Waals surface area (Å²) in [6, 6.07) is 9.50. The summed E-state index contributed by atoms with van der Waals surface area (Å²) in [5, 5.41) is 16.5. The molecule has 0 spiro atoms. The Bertz CT molecular complexity index is 1040. The molecule has 1 aliphatic rings. The van der Waals surface area contributed by atoms with E-state index >= 15 is 0 Å². The van der Waals surface area contributed by atoms with Crippen LogP contribution in [0.3, 0.4) is 0 Å². The number of anilines is 2. The van der Waals surface area contributed by atoms with Gasteiger partial charge in [-0.25, -0.2) is 0 Å². The van der Waals surface area contributed by atoms with Gasteiger partial charge in [-0.15, -0.1) is 0 Å². The Morgan fingerprint density at radius 3 is 2.64 bits per heavy atom. The number of carbonyl (C=O) groups is 2. The minimum Gasteiger partial charge on any atom is -0.379 e. The molecule has 1 fully saturated rings. The van der Waals surface area contributed by atoms with Gasteiger partial charge in [-0.3, -0.25) is 19.7 Å². The first-order valence-electron chi connectivity index (χ1n) is 10.4. The second kappa shape index (κ2) is 10.3. The molecule has 176 valence electrons. The highest BCUT2D eigenvalue weighted by molar-refractivity contribution is 5.94. The van der Waals surface area contributed by atoms with E-state index in [0.29, 0.717) is 19.0 Å². The monoisotopic (exact) mass is 464 g/mol.